The maximum absolute atomic E-state index is 10.2. The Morgan fingerprint density at radius 1 is 1.50 bits per heavy atom. The highest BCUT2D eigenvalue weighted by Gasteiger charge is 1.96. The molecule has 1 heteroatoms. The predicted molar refractivity (Wildman–Crippen MR) is 53.1 cm³/mol. The van der Waals surface area contributed by atoms with E-state index in [1.807, 2.05) is 13.0 Å². The topological polar surface area (TPSA) is 17.1 Å². The van der Waals surface area contributed by atoms with Crippen molar-refractivity contribution in [2.45, 2.75) is 46.5 Å². The minimum absolute atomic E-state index is 0.829. The molecule has 0 aromatic carbocycles. The van der Waals surface area contributed by atoms with Crippen LogP contribution in [0.3, 0.4) is 0 Å². The summed E-state index contributed by atoms with van der Waals surface area (Å²) in [6, 6.07) is 0. The van der Waals surface area contributed by atoms with Crippen molar-refractivity contribution in [2.24, 2.45) is 5.92 Å². The molecular formula is C11H20O. The van der Waals surface area contributed by atoms with Crippen LogP contribution in [0.1, 0.15) is 46.5 Å². The average molecular weight is 168 g/mol. The summed E-state index contributed by atoms with van der Waals surface area (Å²) in [6.45, 7) is 6.35. The fraction of sp³-hybridized carbons (Fsp3) is 0.727. The van der Waals surface area contributed by atoms with Crippen LogP contribution < -0.4 is 0 Å². The molecule has 0 N–H and O–H groups in total. The zero-order valence-corrected chi connectivity index (χ0v) is 8.47. The van der Waals surface area contributed by atoms with Gasteiger partial charge in [0.15, 0.2) is 0 Å². The molecule has 0 aromatic rings. The summed E-state index contributed by atoms with van der Waals surface area (Å²) in [7, 11) is 0. The van der Waals surface area contributed by atoms with Gasteiger partial charge in [0.1, 0.15) is 6.29 Å². The van der Waals surface area contributed by atoms with Gasteiger partial charge in [-0.1, -0.05) is 32.8 Å². The van der Waals surface area contributed by atoms with Gasteiger partial charge < -0.3 is 0 Å². The second-order valence-corrected chi connectivity index (χ2v) is 3.51. The lowest BCUT2D eigenvalue weighted by molar-refractivity contribution is -0.104. The molecule has 0 heterocycles. The Balaban J connectivity index is 3.38. The maximum Gasteiger partial charge on any atom is 0.145 e. The van der Waals surface area contributed by atoms with E-state index in [1.54, 1.807) is 0 Å². The van der Waals surface area contributed by atoms with Crippen LogP contribution in [0.25, 0.3) is 0 Å². The Labute approximate surface area is 75.9 Å². The van der Waals surface area contributed by atoms with E-state index in [-0.39, 0.29) is 0 Å². The third-order valence-electron chi connectivity index (χ3n) is 2.25. The van der Waals surface area contributed by atoms with Crippen molar-refractivity contribution in [1.29, 1.82) is 0 Å². The molecule has 0 saturated carbocycles. The highest BCUT2D eigenvalue weighted by atomic mass is 16.1. The largest absolute Gasteiger partial charge is 0.298 e. The smallest absolute Gasteiger partial charge is 0.145 e. The van der Waals surface area contributed by atoms with Crippen molar-refractivity contribution < 1.29 is 4.79 Å². The van der Waals surface area contributed by atoms with Crippen LogP contribution in [0.15, 0.2) is 11.6 Å². The first-order valence-electron chi connectivity index (χ1n) is 4.82. The summed E-state index contributed by atoms with van der Waals surface area (Å²) in [5.74, 6) is 0.829. The summed E-state index contributed by atoms with van der Waals surface area (Å²) >= 11 is 0. The Morgan fingerprint density at radius 2 is 2.17 bits per heavy atom. The van der Waals surface area contributed by atoms with Crippen LogP contribution in [0.4, 0.5) is 0 Å². The van der Waals surface area contributed by atoms with Crippen LogP contribution in [0.2, 0.25) is 0 Å². The zero-order chi connectivity index (χ0) is 9.40. The number of carbonyl (C=O) groups is 1. The highest BCUT2D eigenvalue weighted by Crippen LogP contribution is 2.11. The van der Waals surface area contributed by atoms with Crippen molar-refractivity contribution in [3.8, 4) is 0 Å². The number of allylic oxidation sites excluding steroid dienone is 2. The van der Waals surface area contributed by atoms with Gasteiger partial charge >= 0.3 is 0 Å². The minimum Gasteiger partial charge on any atom is -0.298 e. The molecule has 0 fully saturated rings. The van der Waals surface area contributed by atoms with Gasteiger partial charge in [-0.25, -0.2) is 0 Å². The van der Waals surface area contributed by atoms with E-state index in [0.717, 1.165) is 24.2 Å². The second-order valence-electron chi connectivity index (χ2n) is 3.51. The summed E-state index contributed by atoms with van der Waals surface area (Å²) in [5, 5.41) is 0. The van der Waals surface area contributed by atoms with E-state index in [2.05, 4.69) is 13.8 Å². The fourth-order valence-electron chi connectivity index (χ4n) is 1.05. The molecule has 1 unspecified atom stereocenters. The first kappa shape index (κ1) is 11.4. The number of rotatable bonds is 6. The van der Waals surface area contributed by atoms with E-state index >= 15 is 0 Å². The van der Waals surface area contributed by atoms with Gasteiger partial charge in [0.05, 0.1) is 0 Å². The van der Waals surface area contributed by atoms with Crippen molar-refractivity contribution in [1.82, 2.24) is 0 Å². The third kappa shape index (κ3) is 6.14. The van der Waals surface area contributed by atoms with Gasteiger partial charge in [0.2, 0.25) is 0 Å². The summed E-state index contributed by atoms with van der Waals surface area (Å²) in [6.07, 6.45) is 7.74. The molecule has 0 rings (SSSR count). The first-order valence-corrected chi connectivity index (χ1v) is 4.82. The molecule has 0 bridgehead atoms. The quantitative estimate of drug-likeness (QED) is 0.338. The molecule has 0 radical (unpaired) electrons. The zero-order valence-electron chi connectivity index (χ0n) is 8.47. The molecule has 0 aliphatic heterocycles. The maximum atomic E-state index is 10.2. The number of hydrogen-bond donors (Lipinski definition) is 0. The molecule has 70 valence electrons. The molecule has 12 heavy (non-hydrogen) atoms. The molecule has 0 amide bonds. The van der Waals surface area contributed by atoms with Gasteiger partial charge in [-0.3, -0.25) is 4.79 Å². The van der Waals surface area contributed by atoms with Crippen molar-refractivity contribution in [3.63, 3.8) is 0 Å². The monoisotopic (exact) mass is 168 g/mol. The lowest BCUT2D eigenvalue weighted by atomic mass is 10.0. The Kier molecular flexibility index (Phi) is 6.73. The van der Waals surface area contributed by atoms with Gasteiger partial charge in [-0.2, -0.15) is 0 Å². The Bertz CT molecular complexity index is 147. The normalized spacial score (nSPS) is 14.4. The SMILES string of the molecule is CCC(C)CCCC=C(C)C=O. The van der Waals surface area contributed by atoms with Crippen LogP contribution in [-0.4, -0.2) is 6.29 Å². The summed E-state index contributed by atoms with van der Waals surface area (Å²) in [5.41, 5.74) is 0.860. The molecular weight excluding hydrogens is 148 g/mol. The molecule has 0 aliphatic carbocycles. The molecule has 1 atom stereocenters. The fourth-order valence-corrected chi connectivity index (χ4v) is 1.05. The Morgan fingerprint density at radius 3 is 2.67 bits per heavy atom. The van der Waals surface area contributed by atoms with E-state index in [9.17, 15) is 4.79 Å². The van der Waals surface area contributed by atoms with Gasteiger partial charge in [-0.15, -0.1) is 0 Å². The molecule has 0 saturated heterocycles. The molecule has 1 nitrogen and oxygen atoms in total. The average Bonchev–Trinajstić information content (AvgIpc) is 2.11. The molecule has 0 aromatic heterocycles. The van der Waals surface area contributed by atoms with E-state index in [0.29, 0.717) is 0 Å². The minimum atomic E-state index is 0.829. The first-order chi connectivity index (χ1) is 5.70. The lowest BCUT2D eigenvalue weighted by Gasteiger charge is -2.05. The molecule has 0 spiro atoms. The van der Waals surface area contributed by atoms with Crippen molar-refractivity contribution >= 4 is 6.29 Å². The van der Waals surface area contributed by atoms with E-state index in [1.165, 1.54) is 19.3 Å². The van der Waals surface area contributed by atoms with Gasteiger partial charge in [0.25, 0.3) is 0 Å². The lowest BCUT2D eigenvalue weighted by Crippen LogP contribution is -1.90. The second kappa shape index (κ2) is 7.08. The van der Waals surface area contributed by atoms with E-state index < -0.39 is 0 Å². The summed E-state index contributed by atoms with van der Waals surface area (Å²) < 4.78 is 0. The number of unbranched alkanes of at least 4 members (excludes halogenated alkanes) is 1. The standard InChI is InChI=1S/C11H20O/c1-4-10(2)7-5-6-8-11(3)9-12/h8-10H,4-7H2,1-3H3. The number of aldehydes is 1. The van der Waals surface area contributed by atoms with Crippen LogP contribution in [-0.2, 0) is 4.79 Å². The third-order valence-corrected chi connectivity index (χ3v) is 2.25. The number of carbonyl (C=O) groups excluding carboxylic acids is 1. The van der Waals surface area contributed by atoms with Crippen LogP contribution >= 0.6 is 0 Å². The van der Waals surface area contributed by atoms with Gasteiger partial charge in [-0.05, 0) is 31.3 Å². The highest BCUT2D eigenvalue weighted by molar-refractivity contribution is 5.71. The van der Waals surface area contributed by atoms with Crippen molar-refractivity contribution in [3.05, 3.63) is 11.6 Å². The number of hydrogen-bond acceptors (Lipinski definition) is 1. The van der Waals surface area contributed by atoms with Crippen LogP contribution in [0.5, 0.6) is 0 Å². The van der Waals surface area contributed by atoms with Crippen molar-refractivity contribution in [2.75, 3.05) is 0 Å². The molecule has 0 aliphatic rings. The summed E-state index contributed by atoms with van der Waals surface area (Å²) in [4.78, 5) is 10.2. The van der Waals surface area contributed by atoms with Crippen LogP contribution in [0, 0.1) is 5.92 Å². The van der Waals surface area contributed by atoms with E-state index in [4.69, 9.17) is 0 Å². The Hall–Kier alpha value is -0.590. The predicted octanol–water partition coefficient (Wildman–Crippen LogP) is 3.35. The van der Waals surface area contributed by atoms with Gasteiger partial charge in [0, 0.05) is 0 Å².